The van der Waals surface area contributed by atoms with E-state index in [1.165, 1.54) is 13.8 Å². The van der Waals surface area contributed by atoms with Crippen LogP contribution >= 0.6 is 11.6 Å². The molecule has 0 spiro atoms. The van der Waals surface area contributed by atoms with Crippen molar-refractivity contribution in [3.8, 4) is 0 Å². The van der Waals surface area contributed by atoms with Gasteiger partial charge in [0.25, 0.3) is 0 Å². The van der Waals surface area contributed by atoms with E-state index in [4.69, 9.17) is 11.6 Å². The second-order valence-corrected chi connectivity index (χ2v) is 3.01. The number of carbonyl (C=O) groups excluding carboxylic acids is 1. The fraction of sp³-hybridized carbons (Fsp3) is 0.375. The lowest BCUT2D eigenvalue weighted by Gasteiger charge is -2.21. The molecule has 0 amide bonds. The van der Waals surface area contributed by atoms with Crippen LogP contribution in [0.2, 0.25) is 0 Å². The molecule has 0 rings (SSSR count). The van der Waals surface area contributed by atoms with Gasteiger partial charge in [0.15, 0.2) is 0 Å². The molecular formula is C8H11ClO3. The summed E-state index contributed by atoms with van der Waals surface area (Å²) in [6.07, 6.45) is 0. The van der Waals surface area contributed by atoms with Crippen LogP contribution < -0.4 is 0 Å². The Bertz CT molecular complexity index is 230. The van der Waals surface area contributed by atoms with Gasteiger partial charge in [-0.05, 0) is 6.92 Å². The van der Waals surface area contributed by atoms with Gasteiger partial charge in [-0.2, -0.15) is 0 Å². The number of halogens is 1. The van der Waals surface area contributed by atoms with E-state index < -0.39 is 11.8 Å². The van der Waals surface area contributed by atoms with Crippen LogP contribution in [0, 0.1) is 0 Å². The number of esters is 1. The zero-order valence-corrected chi connectivity index (χ0v) is 7.81. The van der Waals surface area contributed by atoms with E-state index in [2.05, 4.69) is 17.9 Å². The minimum absolute atomic E-state index is 0.155. The third-order valence-corrected chi connectivity index (χ3v) is 1.49. The maximum atomic E-state index is 10.9. The van der Waals surface area contributed by atoms with Gasteiger partial charge in [-0.25, -0.2) is 4.79 Å². The summed E-state index contributed by atoms with van der Waals surface area (Å²) >= 11 is 5.37. The molecule has 1 atom stereocenters. The molecule has 1 N–H and O–H groups in total. The smallest absolute Gasteiger partial charge is 0.335 e. The molecule has 0 aromatic heterocycles. The summed E-state index contributed by atoms with van der Waals surface area (Å²) in [6.45, 7) is 9.28. The van der Waals surface area contributed by atoms with Gasteiger partial charge in [0.1, 0.15) is 0 Å². The number of aliphatic hydroxyl groups is 1. The standard InChI is InChI=1S/C8H11ClO3/c1-5(2)7(10)12-8(4,11)6(3)9/h11H,1,3H2,2,4H3. The van der Waals surface area contributed by atoms with Crippen LogP contribution in [0.3, 0.4) is 0 Å². The van der Waals surface area contributed by atoms with E-state index in [9.17, 15) is 9.90 Å². The zero-order valence-electron chi connectivity index (χ0n) is 7.06. The normalized spacial score (nSPS) is 14.7. The van der Waals surface area contributed by atoms with Gasteiger partial charge in [0.2, 0.25) is 5.79 Å². The summed E-state index contributed by atoms with van der Waals surface area (Å²) in [4.78, 5) is 10.9. The molecule has 0 fully saturated rings. The number of hydrogen-bond acceptors (Lipinski definition) is 3. The molecule has 0 aromatic carbocycles. The lowest BCUT2D eigenvalue weighted by Crippen LogP contribution is -2.31. The monoisotopic (exact) mass is 190 g/mol. The summed E-state index contributed by atoms with van der Waals surface area (Å²) < 4.78 is 4.55. The van der Waals surface area contributed by atoms with E-state index in [1.54, 1.807) is 0 Å². The maximum absolute atomic E-state index is 10.9. The first-order valence-electron chi connectivity index (χ1n) is 3.23. The molecule has 0 bridgehead atoms. The zero-order chi connectivity index (χ0) is 9.94. The number of carbonyl (C=O) groups is 1. The predicted molar refractivity (Wildman–Crippen MR) is 46.5 cm³/mol. The molecule has 0 radical (unpaired) electrons. The third kappa shape index (κ3) is 3.07. The average molecular weight is 191 g/mol. The van der Waals surface area contributed by atoms with Crippen molar-refractivity contribution in [2.75, 3.05) is 0 Å². The van der Waals surface area contributed by atoms with Gasteiger partial charge >= 0.3 is 5.97 Å². The third-order valence-electron chi connectivity index (χ3n) is 1.14. The molecule has 4 heteroatoms. The van der Waals surface area contributed by atoms with E-state index in [0.29, 0.717) is 0 Å². The average Bonchev–Trinajstić information content (AvgIpc) is 1.85. The molecule has 0 aliphatic carbocycles. The highest BCUT2D eigenvalue weighted by molar-refractivity contribution is 6.30. The molecule has 0 heterocycles. The molecule has 0 saturated heterocycles. The van der Waals surface area contributed by atoms with Crippen molar-refractivity contribution in [1.82, 2.24) is 0 Å². The second-order valence-electron chi connectivity index (χ2n) is 2.56. The Balaban J connectivity index is 4.35. The van der Waals surface area contributed by atoms with Crippen LogP contribution in [0.5, 0.6) is 0 Å². The predicted octanol–water partition coefficient (Wildman–Crippen LogP) is 1.57. The molecular weight excluding hydrogens is 180 g/mol. The van der Waals surface area contributed by atoms with Crippen molar-refractivity contribution in [2.45, 2.75) is 19.6 Å². The summed E-state index contributed by atoms with van der Waals surface area (Å²) in [5.41, 5.74) is 0.188. The highest BCUT2D eigenvalue weighted by atomic mass is 35.5. The van der Waals surface area contributed by atoms with E-state index in [0.717, 1.165) is 0 Å². The molecule has 68 valence electrons. The van der Waals surface area contributed by atoms with Crippen LogP contribution in [-0.4, -0.2) is 16.9 Å². The van der Waals surface area contributed by atoms with Crippen LogP contribution in [0.1, 0.15) is 13.8 Å². The van der Waals surface area contributed by atoms with Gasteiger partial charge in [0.05, 0.1) is 5.03 Å². The van der Waals surface area contributed by atoms with Crippen LogP contribution in [-0.2, 0) is 9.53 Å². The number of hydrogen-bond donors (Lipinski definition) is 1. The summed E-state index contributed by atoms with van der Waals surface area (Å²) in [6, 6.07) is 0. The largest absolute Gasteiger partial charge is 0.425 e. The molecule has 1 unspecified atom stereocenters. The second kappa shape index (κ2) is 3.74. The minimum atomic E-state index is -1.84. The molecule has 3 nitrogen and oxygen atoms in total. The van der Waals surface area contributed by atoms with Crippen LogP contribution in [0.25, 0.3) is 0 Å². The van der Waals surface area contributed by atoms with Crippen molar-refractivity contribution in [1.29, 1.82) is 0 Å². The molecule has 12 heavy (non-hydrogen) atoms. The molecule has 0 saturated carbocycles. The maximum Gasteiger partial charge on any atom is 0.335 e. The quantitative estimate of drug-likeness (QED) is 0.418. The Labute approximate surface area is 76.3 Å². The van der Waals surface area contributed by atoms with Gasteiger partial charge < -0.3 is 9.84 Å². The van der Waals surface area contributed by atoms with Crippen LogP contribution in [0.4, 0.5) is 0 Å². The molecule has 0 aliphatic heterocycles. The first kappa shape index (κ1) is 11.2. The van der Waals surface area contributed by atoms with Crippen molar-refractivity contribution >= 4 is 17.6 Å². The first-order valence-corrected chi connectivity index (χ1v) is 3.61. The topological polar surface area (TPSA) is 46.5 Å². The molecule has 0 aliphatic rings. The number of rotatable bonds is 3. The first-order chi connectivity index (χ1) is 5.27. The van der Waals surface area contributed by atoms with E-state index in [-0.39, 0.29) is 10.6 Å². The summed E-state index contributed by atoms with van der Waals surface area (Å²) in [5, 5.41) is 9.14. The Morgan fingerprint density at radius 2 is 2.00 bits per heavy atom. The van der Waals surface area contributed by atoms with Crippen LogP contribution in [0.15, 0.2) is 23.8 Å². The Morgan fingerprint density at radius 1 is 1.58 bits per heavy atom. The Kier molecular flexibility index (Phi) is 3.49. The summed E-state index contributed by atoms with van der Waals surface area (Å²) in [7, 11) is 0. The fourth-order valence-corrected chi connectivity index (χ4v) is 0.362. The lowest BCUT2D eigenvalue weighted by molar-refractivity contribution is -0.181. The Morgan fingerprint density at radius 3 is 2.25 bits per heavy atom. The van der Waals surface area contributed by atoms with Gasteiger partial charge in [0, 0.05) is 12.5 Å². The highest BCUT2D eigenvalue weighted by Gasteiger charge is 2.28. The number of ether oxygens (including phenoxy) is 1. The van der Waals surface area contributed by atoms with Crippen molar-refractivity contribution in [3.05, 3.63) is 23.8 Å². The fourth-order valence-electron chi connectivity index (χ4n) is 0.323. The lowest BCUT2D eigenvalue weighted by atomic mass is 10.3. The van der Waals surface area contributed by atoms with Crippen molar-refractivity contribution in [3.63, 3.8) is 0 Å². The van der Waals surface area contributed by atoms with Gasteiger partial charge in [-0.3, -0.25) is 0 Å². The van der Waals surface area contributed by atoms with Gasteiger partial charge in [-0.1, -0.05) is 24.8 Å². The van der Waals surface area contributed by atoms with Crippen molar-refractivity contribution < 1.29 is 14.6 Å². The minimum Gasteiger partial charge on any atom is -0.425 e. The van der Waals surface area contributed by atoms with E-state index in [1.807, 2.05) is 0 Å². The molecule has 0 aromatic rings. The highest BCUT2D eigenvalue weighted by Crippen LogP contribution is 2.20. The van der Waals surface area contributed by atoms with Crippen molar-refractivity contribution in [2.24, 2.45) is 0 Å². The SMILES string of the molecule is C=C(C)C(=O)OC(C)(O)C(=C)Cl. The Hall–Kier alpha value is -0.800. The van der Waals surface area contributed by atoms with E-state index >= 15 is 0 Å². The summed E-state index contributed by atoms with van der Waals surface area (Å²) in [5.74, 6) is -2.54. The van der Waals surface area contributed by atoms with Gasteiger partial charge in [-0.15, -0.1) is 0 Å².